The second-order valence-electron chi connectivity index (χ2n) is 8.29. The summed E-state index contributed by atoms with van der Waals surface area (Å²) in [6.07, 6.45) is 3.32. The van der Waals surface area contributed by atoms with E-state index in [-0.39, 0.29) is 11.8 Å². The molecule has 1 amide bonds. The van der Waals surface area contributed by atoms with Crippen LogP contribution in [0.2, 0.25) is 0 Å². The minimum absolute atomic E-state index is 0.0422. The number of hydrogen-bond acceptors (Lipinski definition) is 5. The SMILES string of the molecule is CC(=O)NCCC1CCN(Cc2nc(C(c3ccccc3)c3ccccc3)no2)CC1. The van der Waals surface area contributed by atoms with E-state index in [0.29, 0.717) is 24.2 Å². The molecule has 1 aliphatic heterocycles. The summed E-state index contributed by atoms with van der Waals surface area (Å²) < 4.78 is 5.66. The van der Waals surface area contributed by atoms with Gasteiger partial charge >= 0.3 is 0 Å². The first-order valence-electron chi connectivity index (χ1n) is 11.1. The van der Waals surface area contributed by atoms with Crippen LogP contribution in [0.5, 0.6) is 0 Å². The molecule has 2 heterocycles. The van der Waals surface area contributed by atoms with E-state index in [9.17, 15) is 4.79 Å². The van der Waals surface area contributed by atoms with E-state index in [2.05, 4.69) is 39.6 Å². The van der Waals surface area contributed by atoms with Gasteiger partial charge in [0.2, 0.25) is 11.8 Å². The fourth-order valence-electron chi connectivity index (χ4n) is 4.31. The topological polar surface area (TPSA) is 71.3 Å². The van der Waals surface area contributed by atoms with Crippen molar-refractivity contribution in [2.45, 2.75) is 38.6 Å². The third-order valence-corrected chi connectivity index (χ3v) is 6.00. The second kappa shape index (κ2) is 10.4. The van der Waals surface area contributed by atoms with Gasteiger partial charge in [-0.05, 0) is 49.4 Å². The van der Waals surface area contributed by atoms with Crippen LogP contribution in [0.4, 0.5) is 0 Å². The molecule has 1 aliphatic rings. The van der Waals surface area contributed by atoms with Crippen LogP contribution < -0.4 is 5.32 Å². The van der Waals surface area contributed by atoms with Crippen molar-refractivity contribution in [2.24, 2.45) is 5.92 Å². The van der Waals surface area contributed by atoms with E-state index in [1.807, 2.05) is 36.4 Å². The zero-order valence-electron chi connectivity index (χ0n) is 18.0. The van der Waals surface area contributed by atoms with Gasteiger partial charge in [-0.15, -0.1) is 0 Å². The smallest absolute Gasteiger partial charge is 0.240 e. The average molecular weight is 419 g/mol. The molecule has 1 N–H and O–H groups in total. The van der Waals surface area contributed by atoms with Crippen LogP contribution >= 0.6 is 0 Å². The Kier molecular flexibility index (Phi) is 7.10. The summed E-state index contributed by atoms with van der Waals surface area (Å²) >= 11 is 0. The molecule has 0 saturated carbocycles. The molecule has 0 unspecified atom stereocenters. The monoisotopic (exact) mass is 418 g/mol. The normalized spacial score (nSPS) is 15.3. The lowest BCUT2D eigenvalue weighted by atomic mass is 9.91. The molecule has 0 atom stereocenters. The minimum atomic E-state index is -0.0422. The van der Waals surface area contributed by atoms with Crippen molar-refractivity contribution >= 4 is 5.91 Å². The Balaban J connectivity index is 1.39. The van der Waals surface area contributed by atoms with Gasteiger partial charge in [0, 0.05) is 13.5 Å². The number of carbonyl (C=O) groups excluding carboxylic acids is 1. The van der Waals surface area contributed by atoms with Crippen molar-refractivity contribution in [3.63, 3.8) is 0 Å². The molecule has 4 rings (SSSR count). The maximum atomic E-state index is 11.0. The van der Waals surface area contributed by atoms with Crippen molar-refractivity contribution in [2.75, 3.05) is 19.6 Å². The molecule has 1 aromatic heterocycles. The molecule has 0 bridgehead atoms. The van der Waals surface area contributed by atoms with Crippen molar-refractivity contribution in [1.29, 1.82) is 0 Å². The van der Waals surface area contributed by atoms with Crippen molar-refractivity contribution in [3.8, 4) is 0 Å². The number of piperidine rings is 1. The Morgan fingerprint density at radius 3 is 2.26 bits per heavy atom. The Hall–Kier alpha value is -2.99. The van der Waals surface area contributed by atoms with Crippen LogP contribution in [0.25, 0.3) is 0 Å². The molecule has 6 heteroatoms. The van der Waals surface area contributed by atoms with Crippen LogP contribution in [0.3, 0.4) is 0 Å². The Morgan fingerprint density at radius 2 is 1.68 bits per heavy atom. The maximum Gasteiger partial charge on any atom is 0.240 e. The lowest BCUT2D eigenvalue weighted by Gasteiger charge is -2.30. The van der Waals surface area contributed by atoms with Gasteiger partial charge in [0.15, 0.2) is 5.82 Å². The van der Waals surface area contributed by atoms with E-state index in [4.69, 9.17) is 9.51 Å². The number of nitrogens with one attached hydrogen (secondary N) is 1. The van der Waals surface area contributed by atoms with E-state index >= 15 is 0 Å². The van der Waals surface area contributed by atoms with Crippen LogP contribution in [-0.4, -0.2) is 40.6 Å². The summed E-state index contributed by atoms with van der Waals surface area (Å²) in [4.78, 5) is 18.2. The molecule has 1 fully saturated rings. The number of nitrogens with zero attached hydrogens (tertiary/aromatic N) is 3. The van der Waals surface area contributed by atoms with Crippen molar-refractivity contribution in [3.05, 3.63) is 83.5 Å². The van der Waals surface area contributed by atoms with Gasteiger partial charge in [-0.3, -0.25) is 9.69 Å². The van der Waals surface area contributed by atoms with E-state index < -0.39 is 0 Å². The van der Waals surface area contributed by atoms with E-state index in [1.54, 1.807) is 6.92 Å². The number of carbonyl (C=O) groups is 1. The summed E-state index contributed by atoms with van der Waals surface area (Å²) in [6, 6.07) is 20.7. The first-order chi connectivity index (χ1) is 15.2. The predicted molar refractivity (Wildman–Crippen MR) is 119 cm³/mol. The highest BCUT2D eigenvalue weighted by Gasteiger charge is 2.24. The number of likely N-dealkylation sites (tertiary alicyclic amines) is 1. The lowest BCUT2D eigenvalue weighted by molar-refractivity contribution is -0.119. The highest BCUT2D eigenvalue weighted by atomic mass is 16.5. The minimum Gasteiger partial charge on any atom is -0.356 e. The Bertz CT molecular complexity index is 910. The quantitative estimate of drug-likeness (QED) is 0.599. The summed E-state index contributed by atoms with van der Waals surface area (Å²) in [5.41, 5.74) is 2.31. The molecule has 0 spiro atoms. The largest absolute Gasteiger partial charge is 0.356 e. The maximum absolute atomic E-state index is 11.0. The van der Waals surface area contributed by atoms with Crippen molar-refractivity contribution < 1.29 is 9.32 Å². The van der Waals surface area contributed by atoms with Gasteiger partial charge in [-0.2, -0.15) is 4.98 Å². The fraction of sp³-hybridized carbons (Fsp3) is 0.400. The van der Waals surface area contributed by atoms with Gasteiger partial charge in [-0.25, -0.2) is 0 Å². The molecule has 31 heavy (non-hydrogen) atoms. The zero-order valence-corrected chi connectivity index (χ0v) is 18.0. The molecular weight excluding hydrogens is 388 g/mol. The van der Waals surface area contributed by atoms with Gasteiger partial charge in [-0.1, -0.05) is 65.8 Å². The number of aromatic nitrogens is 2. The van der Waals surface area contributed by atoms with Gasteiger partial charge < -0.3 is 9.84 Å². The summed E-state index contributed by atoms with van der Waals surface area (Å²) in [5, 5.41) is 7.25. The molecule has 3 aromatic rings. The molecule has 0 radical (unpaired) electrons. The molecular formula is C25H30N4O2. The molecule has 6 nitrogen and oxygen atoms in total. The van der Waals surface area contributed by atoms with E-state index in [0.717, 1.165) is 50.0 Å². The third-order valence-electron chi connectivity index (χ3n) is 6.00. The summed E-state index contributed by atoms with van der Waals surface area (Å²) in [6.45, 7) is 5.06. The van der Waals surface area contributed by atoms with Gasteiger partial charge in [0.25, 0.3) is 0 Å². The number of rotatable bonds is 8. The first kappa shape index (κ1) is 21.2. The van der Waals surface area contributed by atoms with Crippen molar-refractivity contribution in [1.82, 2.24) is 20.4 Å². The summed E-state index contributed by atoms with van der Waals surface area (Å²) in [7, 11) is 0. The third kappa shape index (κ3) is 5.79. The van der Waals surface area contributed by atoms with Crippen LogP contribution in [-0.2, 0) is 11.3 Å². The molecule has 1 saturated heterocycles. The Morgan fingerprint density at radius 1 is 1.06 bits per heavy atom. The number of amides is 1. The molecule has 2 aromatic carbocycles. The van der Waals surface area contributed by atoms with Crippen LogP contribution in [0.15, 0.2) is 65.2 Å². The standard InChI is InChI=1S/C25H30N4O2/c1-19(30)26-15-12-20-13-16-29(17-14-20)18-23-27-25(28-31-23)24(21-8-4-2-5-9-21)22-10-6-3-7-11-22/h2-11,20,24H,12-18H2,1H3,(H,26,30). The van der Waals surface area contributed by atoms with Crippen LogP contribution in [0.1, 0.15) is 54.9 Å². The zero-order chi connectivity index (χ0) is 21.5. The van der Waals surface area contributed by atoms with E-state index in [1.165, 1.54) is 0 Å². The second-order valence-corrected chi connectivity index (χ2v) is 8.29. The number of benzene rings is 2. The molecule has 162 valence electrons. The van der Waals surface area contributed by atoms with Gasteiger partial charge in [0.1, 0.15) is 0 Å². The molecule has 0 aliphatic carbocycles. The Labute approximate surface area is 183 Å². The summed E-state index contributed by atoms with van der Waals surface area (Å²) in [5.74, 6) is 2.05. The highest BCUT2D eigenvalue weighted by molar-refractivity contribution is 5.72. The predicted octanol–water partition coefficient (Wildman–Crippen LogP) is 3.99. The fourth-order valence-corrected chi connectivity index (χ4v) is 4.31. The van der Waals surface area contributed by atoms with Gasteiger partial charge in [0.05, 0.1) is 12.5 Å². The highest BCUT2D eigenvalue weighted by Crippen LogP contribution is 2.30. The lowest BCUT2D eigenvalue weighted by Crippen LogP contribution is -2.34. The first-order valence-corrected chi connectivity index (χ1v) is 11.1. The average Bonchev–Trinajstić information content (AvgIpc) is 3.24. The van der Waals surface area contributed by atoms with Crippen LogP contribution in [0, 0.1) is 5.92 Å². The number of hydrogen-bond donors (Lipinski definition) is 1.